The van der Waals surface area contributed by atoms with Crippen LogP contribution in [0.15, 0.2) is 4.99 Å². The highest BCUT2D eigenvalue weighted by Gasteiger charge is 2.28. The Morgan fingerprint density at radius 1 is 1.36 bits per heavy atom. The molecule has 2 N–H and O–H groups in total. The molecule has 130 valence electrons. The quantitative estimate of drug-likeness (QED) is 0.552. The lowest BCUT2D eigenvalue weighted by Crippen LogP contribution is -2.39. The van der Waals surface area contributed by atoms with Gasteiger partial charge in [-0.15, -0.1) is 0 Å². The van der Waals surface area contributed by atoms with E-state index >= 15 is 0 Å². The first kappa shape index (κ1) is 19.0. The monoisotopic (exact) mass is 344 g/mol. The molecule has 0 radical (unpaired) electrons. The van der Waals surface area contributed by atoms with Gasteiger partial charge in [0.25, 0.3) is 0 Å². The third kappa shape index (κ3) is 7.30. The summed E-state index contributed by atoms with van der Waals surface area (Å²) in [4.78, 5) is 4.24. The highest BCUT2D eigenvalue weighted by molar-refractivity contribution is 7.88. The highest BCUT2D eigenvalue weighted by Crippen LogP contribution is 2.19. The van der Waals surface area contributed by atoms with Crippen molar-refractivity contribution < 1.29 is 21.6 Å². The molecule has 1 atom stereocenters. The predicted octanol–water partition coefficient (Wildman–Crippen LogP) is 0.775. The van der Waals surface area contributed by atoms with Gasteiger partial charge in [-0.3, -0.25) is 4.99 Å². The minimum atomic E-state index is -4.20. The van der Waals surface area contributed by atoms with Gasteiger partial charge in [0.1, 0.15) is 0 Å². The van der Waals surface area contributed by atoms with Crippen molar-refractivity contribution in [2.24, 2.45) is 10.9 Å². The van der Waals surface area contributed by atoms with Gasteiger partial charge in [-0.25, -0.2) is 12.7 Å². The summed E-state index contributed by atoms with van der Waals surface area (Å²) in [6.45, 7) is 3.38. The van der Waals surface area contributed by atoms with Crippen LogP contribution >= 0.6 is 0 Å². The summed E-state index contributed by atoms with van der Waals surface area (Å²) in [6.07, 6.45) is -3.26. The lowest BCUT2D eigenvalue weighted by molar-refractivity contribution is -0.132. The maximum atomic E-state index is 12.1. The maximum Gasteiger partial charge on any atom is 0.390 e. The van der Waals surface area contributed by atoms with Gasteiger partial charge < -0.3 is 10.6 Å². The molecule has 6 nitrogen and oxygen atoms in total. The zero-order valence-corrected chi connectivity index (χ0v) is 13.6. The van der Waals surface area contributed by atoms with Crippen LogP contribution in [0.5, 0.6) is 0 Å². The van der Waals surface area contributed by atoms with Crippen molar-refractivity contribution in [3.05, 3.63) is 0 Å². The van der Waals surface area contributed by atoms with E-state index in [1.807, 2.05) is 6.92 Å². The molecule has 0 bridgehead atoms. The van der Waals surface area contributed by atoms with E-state index in [1.165, 1.54) is 10.6 Å². The van der Waals surface area contributed by atoms with Gasteiger partial charge in [-0.2, -0.15) is 13.2 Å². The lowest BCUT2D eigenvalue weighted by atomic mass is 10.1. The Hall–Kier alpha value is -1.03. The van der Waals surface area contributed by atoms with Crippen LogP contribution in [0.4, 0.5) is 13.2 Å². The Balaban J connectivity index is 2.46. The van der Waals surface area contributed by atoms with Crippen molar-refractivity contribution in [1.29, 1.82) is 0 Å². The second kappa shape index (κ2) is 8.00. The number of aliphatic imine (C=N–C) groups is 1. The van der Waals surface area contributed by atoms with E-state index in [1.54, 1.807) is 0 Å². The molecule has 0 aromatic rings. The molecule has 1 rings (SSSR count). The van der Waals surface area contributed by atoms with Crippen LogP contribution in [0.25, 0.3) is 0 Å². The van der Waals surface area contributed by atoms with Crippen molar-refractivity contribution in [3.63, 3.8) is 0 Å². The molecule has 10 heteroatoms. The van der Waals surface area contributed by atoms with Crippen molar-refractivity contribution in [3.8, 4) is 0 Å². The molecular formula is C12H23F3N4O2S. The van der Waals surface area contributed by atoms with Crippen LogP contribution in [0.1, 0.15) is 19.8 Å². The standard InChI is InChI=1S/C12H23F3N4O2S/c1-3-16-11(17-6-5-12(13,14)15)18-8-10-4-7-19(9-10)22(2,20)21/h10H,3-9H2,1-2H3,(H2,16,17,18). The molecule has 0 saturated carbocycles. The average molecular weight is 344 g/mol. The normalized spacial score (nSPS) is 21.1. The molecule has 1 unspecified atom stereocenters. The summed E-state index contributed by atoms with van der Waals surface area (Å²) < 4.78 is 60.6. The van der Waals surface area contributed by atoms with Crippen LogP contribution in [-0.2, 0) is 10.0 Å². The largest absolute Gasteiger partial charge is 0.390 e. The number of halogens is 3. The summed E-state index contributed by atoms with van der Waals surface area (Å²) in [5.74, 6) is 0.414. The summed E-state index contributed by atoms with van der Waals surface area (Å²) in [5.41, 5.74) is 0. The second-order valence-corrected chi connectivity index (χ2v) is 7.27. The average Bonchev–Trinajstić information content (AvgIpc) is 2.83. The van der Waals surface area contributed by atoms with E-state index in [0.717, 1.165) is 0 Å². The number of hydrogen-bond donors (Lipinski definition) is 2. The number of nitrogens with zero attached hydrogens (tertiary/aromatic N) is 2. The highest BCUT2D eigenvalue weighted by atomic mass is 32.2. The van der Waals surface area contributed by atoms with Crippen LogP contribution in [-0.4, -0.2) is 63.8 Å². The third-order valence-corrected chi connectivity index (χ3v) is 4.54. The Kier molecular flexibility index (Phi) is 6.92. The van der Waals surface area contributed by atoms with Crippen LogP contribution < -0.4 is 10.6 Å². The minimum absolute atomic E-state index is 0.0906. The van der Waals surface area contributed by atoms with Gasteiger partial charge in [0.2, 0.25) is 10.0 Å². The molecule has 0 aromatic heterocycles. The molecule has 0 aliphatic carbocycles. The van der Waals surface area contributed by atoms with Gasteiger partial charge in [0.05, 0.1) is 12.7 Å². The number of alkyl halides is 3. The maximum absolute atomic E-state index is 12.1. The Bertz CT molecular complexity index is 479. The number of sulfonamides is 1. The van der Waals surface area contributed by atoms with E-state index in [0.29, 0.717) is 38.6 Å². The molecule has 1 fully saturated rings. The summed E-state index contributed by atoms with van der Waals surface area (Å²) in [5, 5.41) is 5.50. The van der Waals surface area contributed by atoms with Gasteiger partial charge in [0.15, 0.2) is 5.96 Å². The van der Waals surface area contributed by atoms with Gasteiger partial charge >= 0.3 is 6.18 Å². The van der Waals surface area contributed by atoms with Crippen LogP contribution in [0, 0.1) is 5.92 Å². The first-order valence-corrected chi connectivity index (χ1v) is 9.00. The van der Waals surface area contributed by atoms with E-state index in [4.69, 9.17) is 0 Å². The van der Waals surface area contributed by atoms with E-state index in [-0.39, 0.29) is 12.5 Å². The first-order valence-electron chi connectivity index (χ1n) is 7.16. The molecule has 1 aliphatic heterocycles. The first-order chi connectivity index (χ1) is 10.1. The van der Waals surface area contributed by atoms with Crippen molar-refractivity contribution in [1.82, 2.24) is 14.9 Å². The van der Waals surface area contributed by atoms with Crippen LogP contribution in [0.2, 0.25) is 0 Å². The fourth-order valence-corrected chi connectivity index (χ4v) is 3.05. The summed E-state index contributed by atoms with van der Waals surface area (Å²) in [6, 6.07) is 0. The Morgan fingerprint density at radius 2 is 2.05 bits per heavy atom. The zero-order chi connectivity index (χ0) is 16.8. The molecule has 1 saturated heterocycles. The molecular weight excluding hydrogens is 321 g/mol. The van der Waals surface area contributed by atoms with Gasteiger partial charge in [-0.1, -0.05) is 0 Å². The third-order valence-electron chi connectivity index (χ3n) is 3.27. The van der Waals surface area contributed by atoms with Crippen molar-refractivity contribution in [2.45, 2.75) is 25.9 Å². The smallest absolute Gasteiger partial charge is 0.357 e. The number of guanidine groups is 1. The molecule has 1 heterocycles. The Labute approximate surface area is 129 Å². The van der Waals surface area contributed by atoms with E-state index in [9.17, 15) is 21.6 Å². The van der Waals surface area contributed by atoms with Crippen molar-refractivity contribution >= 4 is 16.0 Å². The summed E-state index contributed by atoms with van der Waals surface area (Å²) in [7, 11) is -3.19. The molecule has 22 heavy (non-hydrogen) atoms. The molecule has 1 aliphatic rings. The molecule has 0 aromatic carbocycles. The molecule has 0 spiro atoms. The zero-order valence-electron chi connectivity index (χ0n) is 12.8. The predicted molar refractivity (Wildman–Crippen MR) is 79.2 cm³/mol. The SMILES string of the molecule is CCNC(=NCC1CCN(S(C)(=O)=O)C1)NCCC(F)(F)F. The second-order valence-electron chi connectivity index (χ2n) is 5.29. The van der Waals surface area contributed by atoms with Crippen LogP contribution in [0.3, 0.4) is 0 Å². The van der Waals surface area contributed by atoms with Gasteiger partial charge in [0, 0.05) is 32.7 Å². The fraction of sp³-hybridized carbons (Fsp3) is 0.917. The number of rotatable bonds is 6. The minimum Gasteiger partial charge on any atom is -0.357 e. The summed E-state index contributed by atoms with van der Waals surface area (Å²) >= 11 is 0. The Morgan fingerprint density at radius 3 is 2.55 bits per heavy atom. The van der Waals surface area contributed by atoms with E-state index < -0.39 is 22.6 Å². The number of hydrogen-bond acceptors (Lipinski definition) is 3. The number of nitrogens with one attached hydrogen (secondary N) is 2. The topological polar surface area (TPSA) is 73.8 Å². The lowest BCUT2D eigenvalue weighted by Gasteiger charge is -2.14. The fourth-order valence-electron chi connectivity index (χ4n) is 2.13. The molecule has 0 amide bonds. The van der Waals surface area contributed by atoms with E-state index in [2.05, 4.69) is 15.6 Å². The van der Waals surface area contributed by atoms with Gasteiger partial charge in [-0.05, 0) is 19.3 Å². The van der Waals surface area contributed by atoms with Crippen molar-refractivity contribution in [2.75, 3.05) is 39.0 Å².